The van der Waals surface area contributed by atoms with Crippen LogP contribution in [0.15, 0.2) is 52.9 Å². The van der Waals surface area contributed by atoms with Crippen LogP contribution in [0.1, 0.15) is 12.7 Å². The summed E-state index contributed by atoms with van der Waals surface area (Å²) in [5.41, 5.74) is -0.258. The SMILES string of the molecule is COc1ccc(Cl)cc1NC(=O)NCC(C)(O)c1cc2ccccc2o1. The number of rotatable bonds is 5. The highest BCUT2D eigenvalue weighted by Gasteiger charge is 2.28. The molecule has 26 heavy (non-hydrogen) atoms. The minimum atomic E-state index is -1.37. The highest BCUT2D eigenvalue weighted by molar-refractivity contribution is 6.31. The van der Waals surface area contributed by atoms with E-state index >= 15 is 0 Å². The molecule has 0 radical (unpaired) electrons. The Morgan fingerprint density at radius 3 is 2.77 bits per heavy atom. The van der Waals surface area contributed by atoms with Crippen LogP contribution in [-0.4, -0.2) is 24.8 Å². The van der Waals surface area contributed by atoms with Crippen molar-refractivity contribution in [2.24, 2.45) is 0 Å². The van der Waals surface area contributed by atoms with Gasteiger partial charge in [-0.3, -0.25) is 0 Å². The van der Waals surface area contributed by atoms with Crippen LogP contribution in [0.3, 0.4) is 0 Å². The van der Waals surface area contributed by atoms with Gasteiger partial charge in [0.05, 0.1) is 19.3 Å². The molecule has 2 amide bonds. The summed E-state index contributed by atoms with van der Waals surface area (Å²) >= 11 is 5.95. The second kappa shape index (κ2) is 7.27. The fraction of sp³-hybridized carbons (Fsp3) is 0.211. The molecular weight excluding hydrogens is 356 g/mol. The third kappa shape index (κ3) is 3.92. The van der Waals surface area contributed by atoms with E-state index in [9.17, 15) is 9.90 Å². The molecule has 0 aliphatic carbocycles. The summed E-state index contributed by atoms with van der Waals surface area (Å²) in [5, 5.41) is 17.3. The highest BCUT2D eigenvalue weighted by Crippen LogP contribution is 2.29. The molecule has 0 aliphatic rings. The molecule has 0 fully saturated rings. The molecule has 6 nitrogen and oxygen atoms in total. The van der Waals surface area contributed by atoms with Gasteiger partial charge in [0.25, 0.3) is 0 Å². The standard InChI is InChI=1S/C19H19ClN2O4/c1-19(24,17-9-12-5-3-4-6-15(12)26-17)11-21-18(23)22-14-10-13(20)7-8-16(14)25-2/h3-10,24H,11H2,1-2H3,(H2,21,22,23). The second-order valence-corrected chi connectivity index (χ2v) is 6.51. The summed E-state index contributed by atoms with van der Waals surface area (Å²) in [5.74, 6) is 0.855. The summed E-state index contributed by atoms with van der Waals surface area (Å²) in [6.45, 7) is 1.53. The minimum absolute atomic E-state index is 0.0401. The maximum atomic E-state index is 12.2. The Balaban J connectivity index is 1.67. The number of benzene rings is 2. The van der Waals surface area contributed by atoms with Crippen LogP contribution in [0.5, 0.6) is 5.75 Å². The van der Waals surface area contributed by atoms with Gasteiger partial charge < -0.3 is 24.9 Å². The monoisotopic (exact) mass is 374 g/mol. The number of nitrogens with one attached hydrogen (secondary N) is 2. The number of furan rings is 1. The summed E-state index contributed by atoms with van der Waals surface area (Å²) in [4.78, 5) is 12.2. The van der Waals surface area contributed by atoms with Gasteiger partial charge in [-0.15, -0.1) is 0 Å². The van der Waals surface area contributed by atoms with E-state index in [4.69, 9.17) is 20.8 Å². The number of para-hydroxylation sites is 1. The fourth-order valence-electron chi connectivity index (χ4n) is 2.53. The van der Waals surface area contributed by atoms with E-state index in [0.717, 1.165) is 5.39 Å². The number of amides is 2. The number of halogens is 1. The predicted octanol–water partition coefficient (Wildman–Crippen LogP) is 4.12. The molecule has 3 N–H and O–H groups in total. The van der Waals surface area contributed by atoms with Crippen LogP contribution >= 0.6 is 11.6 Å². The molecule has 1 atom stereocenters. The maximum absolute atomic E-state index is 12.2. The molecular formula is C19H19ClN2O4. The van der Waals surface area contributed by atoms with Gasteiger partial charge >= 0.3 is 6.03 Å². The van der Waals surface area contributed by atoms with Gasteiger partial charge in [-0.05, 0) is 37.3 Å². The lowest BCUT2D eigenvalue weighted by Crippen LogP contribution is -2.40. The number of methoxy groups -OCH3 is 1. The van der Waals surface area contributed by atoms with Gasteiger partial charge in [0.1, 0.15) is 22.7 Å². The molecule has 1 heterocycles. The fourth-order valence-corrected chi connectivity index (χ4v) is 2.70. The first-order valence-electron chi connectivity index (χ1n) is 7.99. The van der Waals surface area contributed by atoms with Crippen molar-refractivity contribution in [1.82, 2.24) is 5.32 Å². The van der Waals surface area contributed by atoms with Crippen molar-refractivity contribution in [1.29, 1.82) is 0 Å². The summed E-state index contributed by atoms with van der Waals surface area (Å²) < 4.78 is 10.9. The molecule has 0 saturated carbocycles. The smallest absolute Gasteiger partial charge is 0.319 e. The second-order valence-electron chi connectivity index (χ2n) is 6.07. The summed E-state index contributed by atoms with van der Waals surface area (Å²) in [6, 6.07) is 13.6. The van der Waals surface area contributed by atoms with Crippen molar-refractivity contribution in [3.05, 3.63) is 59.3 Å². The number of carbonyl (C=O) groups excluding carboxylic acids is 1. The average Bonchev–Trinajstić information content (AvgIpc) is 3.05. The van der Waals surface area contributed by atoms with E-state index < -0.39 is 11.6 Å². The number of carbonyl (C=O) groups is 1. The van der Waals surface area contributed by atoms with E-state index in [1.807, 2.05) is 24.3 Å². The topological polar surface area (TPSA) is 83.7 Å². The van der Waals surface area contributed by atoms with Gasteiger partial charge in [-0.1, -0.05) is 29.8 Å². The molecule has 7 heteroatoms. The number of aliphatic hydroxyl groups is 1. The zero-order valence-corrected chi connectivity index (χ0v) is 15.1. The van der Waals surface area contributed by atoms with Crippen LogP contribution in [0.4, 0.5) is 10.5 Å². The Morgan fingerprint density at radius 2 is 2.04 bits per heavy atom. The van der Waals surface area contributed by atoms with Crippen molar-refractivity contribution < 1.29 is 19.1 Å². The Morgan fingerprint density at radius 1 is 1.27 bits per heavy atom. The number of hydrogen-bond donors (Lipinski definition) is 3. The number of ether oxygens (including phenoxy) is 1. The van der Waals surface area contributed by atoms with Crippen LogP contribution in [0.2, 0.25) is 5.02 Å². The Hall–Kier alpha value is -2.70. The van der Waals surface area contributed by atoms with E-state index in [2.05, 4.69) is 10.6 Å². The first-order chi connectivity index (χ1) is 12.4. The molecule has 1 unspecified atom stereocenters. The zero-order valence-electron chi connectivity index (χ0n) is 14.4. The summed E-state index contributed by atoms with van der Waals surface area (Å²) in [7, 11) is 1.50. The summed E-state index contributed by atoms with van der Waals surface area (Å²) in [6.07, 6.45) is 0. The number of anilines is 1. The first kappa shape index (κ1) is 18.1. The number of fused-ring (bicyclic) bond motifs is 1. The Kier molecular flexibility index (Phi) is 5.06. The molecule has 0 aliphatic heterocycles. The van der Waals surface area contributed by atoms with Crippen molar-refractivity contribution in [3.8, 4) is 5.75 Å². The van der Waals surface area contributed by atoms with Crippen LogP contribution in [0.25, 0.3) is 11.0 Å². The Bertz CT molecular complexity index is 903. The normalized spacial score (nSPS) is 13.2. The quantitative estimate of drug-likeness (QED) is 0.627. The average molecular weight is 375 g/mol. The molecule has 3 aromatic rings. The minimum Gasteiger partial charge on any atom is -0.495 e. The van der Waals surface area contributed by atoms with Gasteiger partial charge in [-0.2, -0.15) is 0 Å². The molecule has 0 spiro atoms. The van der Waals surface area contributed by atoms with Crippen LogP contribution in [-0.2, 0) is 5.60 Å². The van der Waals surface area contributed by atoms with E-state index in [-0.39, 0.29) is 6.54 Å². The van der Waals surface area contributed by atoms with E-state index in [1.54, 1.807) is 31.2 Å². The number of urea groups is 1. The van der Waals surface area contributed by atoms with Gasteiger partial charge in [0, 0.05) is 10.4 Å². The lowest BCUT2D eigenvalue weighted by Gasteiger charge is -2.21. The van der Waals surface area contributed by atoms with Gasteiger partial charge in [0.2, 0.25) is 0 Å². The first-order valence-corrected chi connectivity index (χ1v) is 8.37. The van der Waals surface area contributed by atoms with Crippen LogP contribution < -0.4 is 15.4 Å². The molecule has 0 bridgehead atoms. The van der Waals surface area contributed by atoms with E-state index in [1.165, 1.54) is 7.11 Å². The van der Waals surface area contributed by atoms with E-state index in [0.29, 0.717) is 27.8 Å². The molecule has 3 rings (SSSR count). The zero-order chi connectivity index (χ0) is 18.7. The molecule has 2 aromatic carbocycles. The highest BCUT2D eigenvalue weighted by atomic mass is 35.5. The third-order valence-corrected chi connectivity index (χ3v) is 4.19. The lowest BCUT2D eigenvalue weighted by molar-refractivity contribution is 0.0388. The predicted molar refractivity (Wildman–Crippen MR) is 101 cm³/mol. The third-order valence-electron chi connectivity index (χ3n) is 3.96. The van der Waals surface area contributed by atoms with Crippen molar-refractivity contribution in [3.63, 3.8) is 0 Å². The Labute approximate surface area is 155 Å². The van der Waals surface area contributed by atoms with Gasteiger partial charge in [0.15, 0.2) is 0 Å². The lowest BCUT2D eigenvalue weighted by atomic mass is 10.0. The number of hydrogen-bond acceptors (Lipinski definition) is 4. The van der Waals surface area contributed by atoms with Gasteiger partial charge in [-0.25, -0.2) is 4.79 Å². The van der Waals surface area contributed by atoms with Crippen molar-refractivity contribution in [2.45, 2.75) is 12.5 Å². The van der Waals surface area contributed by atoms with Crippen molar-refractivity contribution in [2.75, 3.05) is 19.0 Å². The van der Waals surface area contributed by atoms with Crippen LogP contribution in [0, 0.1) is 0 Å². The van der Waals surface area contributed by atoms with Crippen molar-refractivity contribution >= 4 is 34.3 Å². The molecule has 1 aromatic heterocycles. The molecule has 136 valence electrons. The molecule has 0 saturated heterocycles. The maximum Gasteiger partial charge on any atom is 0.319 e. The largest absolute Gasteiger partial charge is 0.495 e.